The Morgan fingerprint density at radius 1 is 0.875 bits per heavy atom. The molecule has 0 N–H and O–H groups in total. The zero-order chi connectivity index (χ0) is 6.58. The van der Waals surface area contributed by atoms with Crippen LogP contribution in [0.3, 0.4) is 0 Å². The van der Waals surface area contributed by atoms with Crippen LogP contribution in [-0.2, 0) is 4.37 Å². The molecule has 1 heteroatoms. The molecule has 0 aliphatic carbocycles. The molecular weight excluding hydrogens is 100 g/mol. The molecule has 0 radical (unpaired) electrons. The number of hydrogen-bond acceptors (Lipinski definition) is 0. The first-order valence-electron chi connectivity index (χ1n) is 3.07. The van der Waals surface area contributed by atoms with Gasteiger partial charge in [0.25, 0.3) is 0 Å². The maximum Gasteiger partial charge on any atom is 0.234 e. The Hall–Kier alpha value is -0.0400. The van der Waals surface area contributed by atoms with Crippen LogP contribution in [0.1, 0.15) is 27.7 Å². The van der Waals surface area contributed by atoms with Crippen LogP contribution in [0, 0.1) is 0 Å². The molecule has 48 valence electrons. The smallest absolute Gasteiger partial charge is 0.234 e. The Kier molecular flexibility index (Phi) is 0.840. The lowest BCUT2D eigenvalue weighted by atomic mass is 10.0. The summed E-state index contributed by atoms with van der Waals surface area (Å²) in [5.41, 5.74) is 0.708. The zero-order valence-electron chi connectivity index (χ0n) is 6.41. The number of epoxide rings is 1. The number of rotatable bonds is 0. The molecule has 1 fully saturated rings. The van der Waals surface area contributed by atoms with Gasteiger partial charge in [-0.05, 0) is 0 Å². The van der Waals surface area contributed by atoms with Crippen LogP contribution < -0.4 is 0 Å². The molecule has 1 nitrogen and oxygen atoms in total. The molecule has 1 aliphatic rings. The van der Waals surface area contributed by atoms with Gasteiger partial charge < -0.3 is 4.37 Å². The van der Waals surface area contributed by atoms with Crippen molar-refractivity contribution in [2.24, 2.45) is 0 Å². The Balaban J connectivity index is 2.72. The first kappa shape index (κ1) is 6.09. The van der Waals surface area contributed by atoms with E-state index in [1.807, 2.05) is 0 Å². The van der Waals surface area contributed by atoms with Gasteiger partial charge in [-0.1, -0.05) is 0 Å². The molecule has 0 amide bonds. The summed E-state index contributed by atoms with van der Waals surface area (Å²) in [6.45, 7) is 8.94. The molecule has 0 unspecified atom stereocenters. The molecule has 0 aromatic heterocycles. The van der Waals surface area contributed by atoms with Crippen LogP contribution in [0.2, 0.25) is 0 Å². The fraction of sp³-hybridized carbons (Fsp3) is 1.00. The van der Waals surface area contributed by atoms with E-state index in [0.717, 1.165) is 0 Å². The molecule has 0 aromatic carbocycles. The van der Waals surface area contributed by atoms with Crippen LogP contribution in [0.5, 0.6) is 0 Å². The number of hydrogen-bond donors (Lipinski definition) is 0. The normalized spacial score (nSPS) is 32.6. The summed E-state index contributed by atoms with van der Waals surface area (Å²) in [6, 6.07) is 0. The summed E-state index contributed by atoms with van der Waals surface area (Å²) in [4.78, 5) is 0. The molecule has 0 atom stereocenters. The van der Waals surface area contributed by atoms with Crippen LogP contribution in [0.25, 0.3) is 0 Å². The molecule has 1 rings (SSSR count). The minimum absolute atomic E-state index is 0.354. The zero-order valence-corrected chi connectivity index (χ0v) is 6.41. The monoisotopic (exact) mass is 115 g/mol. The van der Waals surface area contributed by atoms with Crippen molar-refractivity contribution in [1.82, 2.24) is 0 Å². The summed E-state index contributed by atoms with van der Waals surface area (Å²) in [5.74, 6) is 0. The van der Waals surface area contributed by atoms with E-state index in [0.29, 0.717) is 11.2 Å². The standard InChI is InChI=1S/C7H15O/c1-6(2)7(3,4)8(6)5/h1-5H3/q+1. The summed E-state index contributed by atoms with van der Waals surface area (Å²) in [6.07, 6.45) is 0. The van der Waals surface area contributed by atoms with E-state index < -0.39 is 0 Å². The fourth-order valence-electron chi connectivity index (χ4n) is 1.06. The first-order valence-corrected chi connectivity index (χ1v) is 3.07. The van der Waals surface area contributed by atoms with Gasteiger partial charge in [0.15, 0.2) is 0 Å². The molecule has 0 bridgehead atoms. The van der Waals surface area contributed by atoms with Crippen molar-refractivity contribution in [2.75, 3.05) is 7.11 Å². The molecule has 0 saturated carbocycles. The van der Waals surface area contributed by atoms with Gasteiger partial charge in [0.2, 0.25) is 11.2 Å². The quantitative estimate of drug-likeness (QED) is 0.334. The van der Waals surface area contributed by atoms with E-state index in [-0.39, 0.29) is 0 Å². The van der Waals surface area contributed by atoms with Gasteiger partial charge in [0.1, 0.15) is 7.11 Å². The molecule has 1 saturated heterocycles. The van der Waals surface area contributed by atoms with E-state index in [1.54, 1.807) is 0 Å². The van der Waals surface area contributed by atoms with Crippen LogP contribution in [0.4, 0.5) is 0 Å². The van der Waals surface area contributed by atoms with Crippen molar-refractivity contribution in [2.45, 2.75) is 38.9 Å². The lowest BCUT2D eigenvalue weighted by Crippen LogP contribution is -2.10. The molecule has 0 aromatic rings. The first-order chi connectivity index (χ1) is 3.40. The van der Waals surface area contributed by atoms with Crippen molar-refractivity contribution in [3.05, 3.63) is 0 Å². The van der Waals surface area contributed by atoms with Crippen molar-refractivity contribution >= 4 is 0 Å². The van der Waals surface area contributed by atoms with Crippen molar-refractivity contribution in [3.8, 4) is 0 Å². The van der Waals surface area contributed by atoms with E-state index in [9.17, 15) is 0 Å². The molecule has 0 spiro atoms. The molecular formula is C7H15O+. The lowest BCUT2D eigenvalue weighted by molar-refractivity contribution is 0.0282. The minimum atomic E-state index is 0.354. The van der Waals surface area contributed by atoms with Crippen LogP contribution >= 0.6 is 0 Å². The van der Waals surface area contributed by atoms with Gasteiger partial charge in [-0.15, -0.1) is 0 Å². The van der Waals surface area contributed by atoms with Crippen molar-refractivity contribution < 1.29 is 4.37 Å². The SMILES string of the molecule is C[O+]1C(C)(C)C1(C)C. The van der Waals surface area contributed by atoms with Crippen LogP contribution in [-0.4, -0.2) is 18.3 Å². The largest absolute Gasteiger partial charge is 0.404 e. The average Bonchev–Trinajstić information content (AvgIpc) is 1.88. The van der Waals surface area contributed by atoms with E-state index in [4.69, 9.17) is 0 Å². The highest BCUT2D eigenvalue weighted by molar-refractivity contribution is 5.07. The van der Waals surface area contributed by atoms with Gasteiger partial charge >= 0.3 is 0 Å². The van der Waals surface area contributed by atoms with E-state index >= 15 is 0 Å². The maximum atomic E-state index is 3.11. The predicted molar refractivity (Wildman–Crippen MR) is 35.2 cm³/mol. The highest BCUT2D eigenvalue weighted by atomic mass is 16.8. The Morgan fingerprint density at radius 2 is 1.00 bits per heavy atom. The molecule has 1 aliphatic heterocycles. The molecule has 1 heterocycles. The highest BCUT2D eigenvalue weighted by Crippen LogP contribution is 2.53. The highest BCUT2D eigenvalue weighted by Gasteiger charge is 2.71. The Morgan fingerprint density at radius 3 is 1.00 bits per heavy atom. The Bertz CT molecular complexity index is 99.6. The third kappa shape index (κ3) is 0.408. The second-order valence-corrected chi connectivity index (χ2v) is 3.53. The average molecular weight is 115 g/mol. The van der Waals surface area contributed by atoms with E-state index in [1.165, 1.54) is 0 Å². The predicted octanol–water partition coefficient (Wildman–Crippen LogP) is 1.74. The third-order valence-electron chi connectivity index (χ3n) is 2.94. The topological polar surface area (TPSA) is 2.70 Å². The van der Waals surface area contributed by atoms with Gasteiger partial charge in [0, 0.05) is 27.7 Å². The van der Waals surface area contributed by atoms with Crippen molar-refractivity contribution in [3.63, 3.8) is 0 Å². The lowest BCUT2D eigenvalue weighted by Gasteiger charge is -1.87. The van der Waals surface area contributed by atoms with Crippen molar-refractivity contribution in [1.29, 1.82) is 0 Å². The maximum absolute atomic E-state index is 3.11. The van der Waals surface area contributed by atoms with Gasteiger partial charge in [0.05, 0.1) is 0 Å². The van der Waals surface area contributed by atoms with Crippen LogP contribution in [0.15, 0.2) is 0 Å². The summed E-state index contributed by atoms with van der Waals surface area (Å²) >= 11 is 0. The summed E-state index contributed by atoms with van der Waals surface area (Å²) < 4.78 is 3.11. The molecule has 8 heavy (non-hydrogen) atoms. The minimum Gasteiger partial charge on any atom is -0.404 e. The fourth-order valence-corrected chi connectivity index (χ4v) is 1.06. The second kappa shape index (κ2) is 1.10. The van der Waals surface area contributed by atoms with E-state index in [2.05, 4.69) is 39.2 Å². The summed E-state index contributed by atoms with van der Waals surface area (Å²) in [7, 11) is 2.08. The van der Waals surface area contributed by atoms with Gasteiger partial charge in [-0.2, -0.15) is 0 Å². The second-order valence-electron chi connectivity index (χ2n) is 3.53. The summed E-state index contributed by atoms with van der Waals surface area (Å²) in [5, 5.41) is 0. The Labute approximate surface area is 51.4 Å². The third-order valence-corrected chi connectivity index (χ3v) is 2.94. The van der Waals surface area contributed by atoms with Gasteiger partial charge in [-0.25, -0.2) is 0 Å². The van der Waals surface area contributed by atoms with Gasteiger partial charge in [-0.3, -0.25) is 0 Å².